The molecule has 32 heavy (non-hydrogen) atoms. The van der Waals surface area contributed by atoms with Gasteiger partial charge in [-0.1, -0.05) is 19.0 Å². The first-order valence-corrected chi connectivity index (χ1v) is 11.4. The molecule has 3 rings (SSSR count). The minimum Gasteiger partial charge on any atom is -0.493 e. The Morgan fingerprint density at radius 3 is 2.56 bits per heavy atom. The number of carbonyl (C=O) groups excluding carboxylic acids is 1. The van der Waals surface area contributed by atoms with E-state index in [0.717, 1.165) is 50.6 Å². The number of oxime groups is 1. The first-order valence-electron chi connectivity index (χ1n) is 11.4. The molecular formula is C24H34FN3O4. The lowest BCUT2D eigenvalue weighted by molar-refractivity contribution is 0.0519. The van der Waals surface area contributed by atoms with Gasteiger partial charge in [0.05, 0.1) is 24.5 Å². The molecule has 2 heterocycles. The number of carbonyl (C=O) groups is 1. The predicted molar refractivity (Wildman–Crippen MR) is 121 cm³/mol. The van der Waals surface area contributed by atoms with Crippen molar-refractivity contribution in [2.75, 3.05) is 39.4 Å². The molecule has 0 spiro atoms. The number of rotatable bonds is 9. The molecule has 7 nitrogen and oxygen atoms in total. The Morgan fingerprint density at radius 2 is 1.97 bits per heavy atom. The fraction of sp³-hybridized carbons (Fsp3) is 0.583. The second-order valence-corrected chi connectivity index (χ2v) is 8.45. The largest absolute Gasteiger partial charge is 0.493 e. The standard InChI is InChI=1S/C24H34FN3O4/c1-5-30-24(29)20-7-6-19(16-21(20)25)31-15-10-18(4)27-11-13-28(14-12-27)23-9-8-22(17(2)3)26-32-23/h6-7,9,16-18H,5,8,10-15H2,1-4H3. The van der Waals surface area contributed by atoms with Gasteiger partial charge in [-0.25, -0.2) is 9.18 Å². The van der Waals surface area contributed by atoms with Crippen molar-refractivity contribution >= 4 is 11.7 Å². The zero-order valence-corrected chi connectivity index (χ0v) is 19.5. The number of piperazine rings is 1. The van der Waals surface area contributed by atoms with Crippen molar-refractivity contribution < 1.29 is 23.5 Å². The van der Waals surface area contributed by atoms with Gasteiger partial charge in [-0.2, -0.15) is 0 Å². The van der Waals surface area contributed by atoms with Gasteiger partial charge in [0.15, 0.2) is 0 Å². The highest BCUT2D eigenvalue weighted by Crippen LogP contribution is 2.21. The van der Waals surface area contributed by atoms with Crippen LogP contribution in [0.4, 0.5) is 4.39 Å². The lowest BCUT2D eigenvalue weighted by Gasteiger charge is -2.39. The first-order chi connectivity index (χ1) is 15.4. The Labute approximate surface area is 189 Å². The summed E-state index contributed by atoms with van der Waals surface area (Å²) in [7, 11) is 0. The van der Waals surface area contributed by atoms with Crippen LogP contribution in [0.5, 0.6) is 5.75 Å². The third-order valence-corrected chi connectivity index (χ3v) is 5.90. The van der Waals surface area contributed by atoms with E-state index in [1.807, 2.05) is 0 Å². The maximum absolute atomic E-state index is 14.1. The quantitative estimate of drug-likeness (QED) is 0.532. The fourth-order valence-electron chi connectivity index (χ4n) is 3.77. The van der Waals surface area contributed by atoms with Crippen molar-refractivity contribution in [2.24, 2.45) is 11.1 Å². The lowest BCUT2D eigenvalue weighted by atomic mass is 10.1. The van der Waals surface area contributed by atoms with Gasteiger partial charge in [-0.15, -0.1) is 0 Å². The molecule has 1 aromatic carbocycles. The summed E-state index contributed by atoms with van der Waals surface area (Å²) in [4.78, 5) is 22.0. The number of benzene rings is 1. The summed E-state index contributed by atoms with van der Waals surface area (Å²) in [6.45, 7) is 12.5. The van der Waals surface area contributed by atoms with Crippen molar-refractivity contribution in [3.8, 4) is 5.75 Å². The molecular weight excluding hydrogens is 413 g/mol. The molecule has 1 atom stereocenters. The molecule has 2 aliphatic heterocycles. The SMILES string of the molecule is CCOC(=O)c1ccc(OCCC(C)N2CCN(C3=CCC(C(C)C)=NO3)CC2)cc1F. The highest BCUT2D eigenvalue weighted by Gasteiger charge is 2.25. The zero-order chi connectivity index (χ0) is 23.1. The summed E-state index contributed by atoms with van der Waals surface area (Å²) in [5.74, 6) is 0.383. The van der Waals surface area contributed by atoms with Crippen LogP contribution in [0, 0.1) is 11.7 Å². The van der Waals surface area contributed by atoms with E-state index >= 15 is 0 Å². The third-order valence-electron chi connectivity index (χ3n) is 5.90. The fourth-order valence-corrected chi connectivity index (χ4v) is 3.77. The lowest BCUT2D eigenvalue weighted by Crippen LogP contribution is -2.49. The molecule has 8 heteroatoms. The summed E-state index contributed by atoms with van der Waals surface area (Å²) in [6, 6.07) is 4.58. The molecule has 0 radical (unpaired) electrons. The number of ether oxygens (including phenoxy) is 2. The van der Waals surface area contributed by atoms with Crippen LogP contribution in [-0.4, -0.2) is 66.9 Å². The van der Waals surface area contributed by atoms with Gasteiger partial charge < -0.3 is 19.2 Å². The summed E-state index contributed by atoms with van der Waals surface area (Å²) in [5.41, 5.74) is 1.00. The summed E-state index contributed by atoms with van der Waals surface area (Å²) in [6.07, 6.45) is 3.80. The van der Waals surface area contributed by atoms with Gasteiger partial charge >= 0.3 is 5.97 Å². The molecule has 0 amide bonds. The highest BCUT2D eigenvalue weighted by molar-refractivity contribution is 5.89. The molecule has 1 fully saturated rings. The number of esters is 1. The van der Waals surface area contributed by atoms with E-state index in [2.05, 4.69) is 41.8 Å². The van der Waals surface area contributed by atoms with Crippen LogP contribution in [0.25, 0.3) is 0 Å². The van der Waals surface area contributed by atoms with Gasteiger partial charge in [0.1, 0.15) is 11.6 Å². The van der Waals surface area contributed by atoms with Gasteiger partial charge in [-0.3, -0.25) is 4.90 Å². The number of hydrogen-bond acceptors (Lipinski definition) is 7. The maximum atomic E-state index is 14.1. The molecule has 176 valence electrons. The van der Waals surface area contributed by atoms with Gasteiger partial charge in [0.2, 0.25) is 5.88 Å². The van der Waals surface area contributed by atoms with E-state index in [4.69, 9.17) is 14.3 Å². The first kappa shape index (κ1) is 24.0. The number of hydrogen-bond donors (Lipinski definition) is 0. The topological polar surface area (TPSA) is 63.6 Å². The number of halogens is 1. The van der Waals surface area contributed by atoms with Crippen molar-refractivity contribution in [2.45, 2.75) is 46.6 Å². The van der Waals surface area contributed by atoms with E-state index in [0.29, 0.717) is 24.3 Å². The molecule has 1 aromatic rings. The van der Waals surface area contributed by atoms with E-state index in [9.17, 15) is 9.18 Å². The number of allylic oxidation sites excluding steroid dienone is 1. The molecule has 0 bridgehead atoms. The minimum absolute atomic E-state index is 0.0754. The minimum atomic E-state index is -0.661. The normalized spacial score (nSPS) is 18.0. The smallest absolute Gasteiger partial charge is 0.341 e. The molecule has 0 aromatic heterocycles. The van der Waals surface area contributed by atoms with Crippen molar-refractivity contribution in [3.05, 3.63) is 41.5 Å². The molecule has 0 N–H and O–H groups in total. The zero-order valence-electron chi connectivity index (χ0n) is 19.5. The molecule has 1 unspecified atom stereocenters. The van der Waals surface area contributed by atoms with Crippen LogP contribution in [0.15, 0.2) is 35.3 Å². The summed E-state index contributed by atoms with van der Waals surface area (Å²) >= 11 is 0. The molecule has 2 aliphatic rings. The number of nitrogens with zero attached hydrogens (tertiary/aromatic N) is 3. The van der Waals surface area contributed by atoms with Crippen molar-refractivity contribution in [1.29, 1.82) is 0 Å². The average Bonchev–Trinajstić information content (AvgIpc) is 2.79. The van der Waals surface area contributed by atoms with Crippen LogP contribution >= 0.6 is 0 Å². The predicted octanol–water partition coefficient (Wildman–Crippen LogP) is 4.05. The second-order valence-electron chi connectivity index (χ2n) is 8.45. The maximum Gasteiger partial charge on any atom is 0.341 e. The van der Waals surface area contributed by atoms with Gasteiger partial charge in [0.25, 0.3) is 0 Å². The second kappa shape index (κ2) is 11.3. The van der Waals surface area contributed by atoms with Crippen molar-refractivity contribution in [3.63, 3.8) is 0 Å². The van der Waals surface area contributed by atoms with Crippen LogP contribution in [-0.2, 0) is 9.57 Å². The third kappa shape index (κ3) is 6.22. The van der Waals surface area contributed by atoms with E-state index in [-0.39, 0.29) is 12.2 Å². The Hall–Kier alpha value is -2.61. The molecule has 0 aliphatic carbocycles. The Balaban J connectivity index is 1.40. The Bertz CT molecular complexity index is 848. The van der Waals surface area contributed by atoms with Crippen LogP contribution in [0.3, 0.4) is 0 Å². The van der Waals surface area contributed by atoms with Gasteiger partial charge in [-0.05, 0) is 44.4 Å². The average molecular weight is 448 g/mol. The van der Waals surface area contributed by atoms with E-state index < -0.39 is 11.8 Å². The Morgan fingerprint density at radius 1 is 1.22 bits per heavy atom. The molecule has 1 saturated heterocycles. The van der Waals surface area contributed by atoms with E-state index in [1.54, 1.807) is 13.0 Å². The highest BCUT2D eigenvalue weighted by atomic mass is 19.1. The monoisotopic (exact) mass is 447 g/mol. The van der Waals surface area contributed by atoms with Crippen LogP contribution in [0.2, 0.25) is 0 Å². The van der Waals surface area contributed by atoms with Gasteiger partial charge in [0, 0.05) is 44.7 Å². The summed E-state index contributed by atoms with van der Waals surface area (Å²) < 4.78 is 24.7. The van der Waals surface area contributed by atoms with Crippen LogP contribution < -0.4 is 4.74 Å². The van der Waals surface area contributed by atoms with E-state index in [1.165, 1.54) is 12.1 Å². The molecule has 0 saturated carbocycles. The van der Waals surface area contributed by atoms with Crippen LogP contribution in [0.1, 0.15) is 50.9 Å². The van der Waals surface area contributed by atoms with Crippen molar-refractivity contribution in [1.82, 2.24) is 9.80 Å². The summed E-state index contributed by atoms with van der Waals surface area (Å²) in [5, 5.41) is 4.26. The Kier molecular flexibility index (Phi) is 8.50.